The van der Waals surface area contributed by atoms with Gasteiger partial charge in [0.2, 0.25) is 6.41 Å². The molecular formula is C27H44N2O2. The molecule has 0 radical (unpaired) electrons. The highest BCUT2D eigenvalue weighted by Gasteiger charge is 2.64. The van der Waals surface area contributed by atoms with Crippen molar-refractivity contribution in [2.75, 3.05) is 14.1 Å². The fourth-order valence-corrected chi connectivity index (χ4v) is 8.85. The van der Waals surface area contributed by atoms with Crippen molar-refractivity contribution in [1.29, 1.82) is 0 Å². The predicted octanol–water partition coefficient (Wildman–Crippen LogP) is 4.55. The van der Waals surface area contributed by atoms with Gasteiger partial charge < -0.3 is 15.3 Å². The van der Waals surface area contributed by atoms with Crippen molar-refractivity contribution < 1.29 is 9.90 Å². The number of hydrogen-bond donors (Lipinski definition) is 2. The van der Waals surface area contributed by atoms with Gasteiger partial charge in [-0.2, -0.15) is 0 Å². The third-order valence-electron chi connectivity index (χ3n) is 10.5. The third kappa shape index (κ3) is 3.27. The second kappa shape index (κ2) is 7.73. The van der Waals surface area contributed by atoms with Crippen LogP contribution in [-0.4, -0.2) is 48.7 Å². The van der Waals surface area contributed by atoms with Crippen molar-refractivity contribution in [3.05, 3.63) is 23.3 Å². The minimum atomic E-state index is -0.363. The molecule has 0 saturated heterocycles. The first-order chi connectivity index (χ1) is 14.5. The van der Waals surface area contributed by atoms with E-state index in [9.17, 15) is 9.90 Å². The number of carbonyl (C=O) groups excluding carboxylic acids is 1. The Kier molecular flexibility index (Phi) is 5.74. The van der Waals surface area contributed by atoms with Crippen LogP contribution in [0.25, 0.3) is 0 Å². The summed E-state index contributed by atoms with van der Waals surface area (Å²) in [7, 11) is 4.47. The number of allylic oxidation sites excluding steroid dienone is 4. The first kappa shape index (κ1) is 23.0. The van der Waals surface area contributed by atoms with E-state index in [2.05, 4.69) is 71.1 Å². The van der Waals surface area contributed by atoms with Crippen LogP contribution in [0.2, 0.25) is 0 Å². The van der Waals surface area contributed by atoms with Crippen LogP contribution in [-0.2, 0) is 4.79 Å². The van der Waals surface area contributed by atoms with Gasteiger partial charge in [0.25, 0.3) is 0 Å². The quantitative estimate of drug-likeness (QED) is 0.646. The Labute approximate surface area is 189 Å². The van der Waals surface area contributed by atoms with E-state index in [0.717, 1.165) is 19.3 Å². The largest absolute Gasteiger partial charge is 0.393 e. The van der Waals surface area contributed by atoms with Gasteiger partial charge in [0.15, 0.2) is 0 Å². The molecule has 2 N–H and O–H groups in total. The lowest BCUT2D eigenvalue weighted by molar-refractivity contribution is -0.111. The van der Waals surface area contributed by atoms with E-state index in [4.69, 9.17) is 0 Å². The van der Waals surface area contributed by atoms with Crippen molar-refractivity contribution in [2.24, 2.45) is 34.0 Å². The molecule has 2 fully saturated rings. The van der Waals surface area contributed by atoms with Gasteiger partial charge in [-0.25, -0.2) is 0 Å². The second-order valence-corrected chi connectivity index (χ2v) is 12.4. The SMILES string of the molecule is C[C@H](NC=O)[C@H]1[C@H](O)C[C@@]2(C)[C@H]3CC[C@@H]4C(=CC3=CC[C@]12C)CC[C@H](N(C)C)C4(C)C. The maximum Gasteiger partial charge on any atom is 0.207 e. The van der Waals surface area contributed by atoms with Crippen molar-refractivity contribution in [3.8, 4) is 0 Å². The summed E-state index contributed by atoms with van der Waals surface area (Å²) in [6, 6.07) is 0.610. The summed E-state index contributed by atoms with van der Waals surface area (Å²) >= 11 is 0. The minimum absolute atomic E-state index is 0.00822. The average Bonchev–Trinajstić information content (AvgIpc) is 2.79. The van der Waals surface area contributed by atoms with Crippen molar-refractivity contribution in [2.45, 2.75) is 91.3 Å². The molecule has 0 aromatic heterocycles. The highest BCUT2D eigenvalue weighted by Crippen LogP contribution is 2.67. The Balaban J connectivity index is 1.69. The van der Waals surface area contributed by atoms with E-state index in [-0.39, 0.29) is 34.3 Å². The summed E-state index contributed by atoms with van der Waals surface area (Å²) < 4.78 is 0. The Morgan fingerprint density at radius 1 is 1.13 bits per heavy atom. The van der Waals surface area contributed by atoms with Crippen molar-refractivity contribution >= 4 is 6.41 Å². The highest BCUT2D eigenvalue weighted by molar-refractivity contribution is 5.47. The maximum atomic E-state index is 11.2. The van der Waals surface area contributed by atoms with E-state index >= 15 is 0 Å². The number of nitrogens with zero attached hydrogens (tertiary/aromatic N) is 1. The summed E-state index contributed by atoms with van der Waals surface area (Å²) in [6.45, 7) is 11.8. The number of aliphatic hydroxyl groups is 1. The first-order valence-electron chi connectivity index (χ1n) is 12.4. The van der Waals surface area contributed by atoms with E-state index in [1.165, 1.54) is 31.3 Å². The number of carbonyl (C=O) groups is 1. The fraction of sp³-hybridized carbons (Fsp3) is 0.815. The van der Waals surface area contributed by atoms with E-state index in [1.807, 2.05) is 0 Å². The molecule has 0 aromatic carbocycles. The molecule has 0 spiro atoms. The standard InChI is InChI=1S/C27H44N2O2/c1-17(28-16-30)24-22(31)15-27(5)21-10-9-20-18(14-19(21)12-13-26(24,27)4)8-11-23(29(6)7)25(20,2)3/h12,14,16-17,20-24,31H,8-11,13,15H2,1-7H3,(H,28,30)/t17-,20+,21-,22+,23-,24-,26+,27-/m0/s1. The summed E-state index contributed by atoms with van der Waals surface area (Å²) in [5.41, 5.74) is 3.50. The van der Waals surface area contributed by atoms with Gasteiger partial charge in [-0.15, -0.1) is 0 Å². The molecule has 0 aromatic rings. The first-order valence-corrected chi connectivity index (χ1v) is 12.4. The highest BCUT2D eigenvalue weighted by atomic mass is 16.3. The molecule has 0 bridgehead atoms. The molecule has 4 aliphatic carbocycles. The van der Waals surface area contributed by atoms with Gasteiger partial charge in [-0.1, -0.05) is 45.4 Å². The number of fused-ring (bicyclic) bond motifs is 4. The van der Waals surface area contributed by atoms with Crippen LogP contribution in [0.15, 0.2) is 23.3 Å². The molecule has 8 atom stereocenters. The van der Waals surface area contributed by atoms with Gasteiger partial charge in [0.05, 0.1) is 6.10 Å². The van der Waals surface area contributed by atoms with Gasteiger partial charge in [-0.3, -0.25) is 4.79 Å². The molecule has 4 rings (SSSR count). The molecule has 1 amide bonds. The fourth-order valence-electron chi connectivity index (χ4n) is 8.85. The van der Waals surface area contributed by atoms with E-state index < -0.39 is 0 Å². The van der Waals surface area contributed by atoms with Crippen LogP contribution in [0.5, 0.6) is 0 Å². The average molecular weight is 429 g/mol. The Bertz CT molecular complexity index is 784. The van der Waals surface area contributed by atoms with Gasteiger partial charge in [0, 0.05) is 18.0 Å². The second-order valence-electron chi connectivity index (χ2n) is 12.4. The molecule has 0 heterocycles. The minimum Gasteiger partial charge on any atom is -0.393 e. The van der Waals surface area contributed by atoms with Crippen LogP contribution in [0.1, 0.15) is 73.1 Å². The molecular weight excluding hydrogens is 384 g/mol. The van der Waals surface area contributed by atoms with Gasteiger partial charge in [-0.05, 0) is 93.2 Å². The molecule has 4 heteroatoms. The zero-order valence-electron chi connectivity index (χ0n) is 20.7. The number of nitrogens with one attached hydrogen (secondary N) is 1. The normalized spacial score (nSPS) is 44.9. The van der Waals surface area contributed by atoms with Crippen molar-refractivity contribution in [1.82, 2.24) is 10.2 Å². The predicted molar refractivity (Wildman–Crippen MR) is 126 cm³/mol. The van der Waals surface area contributed by atoms with Crippen molar-refractivity contribution in [3.63, 3.8) is 0 Å². The Hall–Kier alpha value is -1.13. The van der Waals surface area contributed by atoms with Crippen LogP contribution in [0.4, 0.5) is 0 Å². The van der Waals surface area contributed by atoms with Crippen LogP contribution >= 0.6 is 0 Å². The van der Waals surface area contributed by atoms with E-state index in [0.29, 0.717) is 17.9 Å². The van der Waals surface area contributed by atoms with Crippen LogP contribution in [0, 0.1) is 34.0 Å². The molecule has 31 heavy (non-hydrogen) atoms. The molecule has 174 valence electrons. The smallest absolute Gasteiger partial charge is 0.207 e. The van der Waals surface area contributed by atoms with Gasteiger partial charge >= 0.3 is 0 Å². The number of rotatable bonds is 4. The van der Waals surface area contributed by atoms with Crippen LogP contribution < -0.4 is 5.32 Å². The zero-order valence-corrected chi connectivity index (χ0v) is 20.7. The third-order valence-corrected chi connectivity index (χ3v) is 10.5. The lowest BCUT2D eigenvalue weighted by atomic mass is 9.51. The van der Waals surface area contributed by atoms with Gasteiger partial charge in [0.1, 0.15) is 0 Å². The number of amides is 1. The molecule has 4 aliphatic rings. The molecule has 0 aliphatic heterocycles. The van der Waals surface area contributed by atoms with E-state index in [1.54, 1.807) is 5.57 Å². The maximum absolute atomic E-state index is 11.2. The topological polar surface area (TPSA) is 52.6 Å². The Morgan fingerprint density at radius 2 is 1.81 bits per heavy atom. The summed E-state index contributed by atoms with van der Waals surface area (Å²) in [5.74, 6) is 1.21. The lowest BCUT2D eigenvalue weighted by Gasteiger charge is -2.53. The molecule has 0 unspecified atom stereocenters. The summed E-state index contributed by atoms with van der Waals surface area (Å²) in [5, 5.41) is 14.2. The molecule has 4 nitrogen and oxygen atoms in total. The lowest BCUT2D eigenvalue weighted by Crippen LogP contribution is -2.50. The number of hydrogen-bond acceptors (Lipinski definition) is 3. The van der Waals surface area contributed by atoms with Crippen LogP contribution in [0.3, 0.4) is 0 Å². The summed E-state index contributed by atoms with van der Waals surface area (Å²) in [6.07, 6.45) is 12.2. The summed E-state index contributed by atoms with van der Waals surface area (Å²) in [4.78, 5) is 13.6. The zero-order chi connectivity index (χ0) is 22.8. The number of aliphatic hydroxyl groups excluding tert-OH is 1. The monoisotopic (exact) mass is 428 g/mol. The Morgan fingerprint density at radius 3 is 2.45 bits per heavy atom. The molecule has 2 saturated carbocycles.